The number of anilines is 3. The van der Waals surface area contributed by atoms with E-state index >= 15 is 0 Å². The number of nitrogens with one attached hydrogen (secondary N) is 3. The fraction of sp³-hybridized carbons (Fsp3) is 0.348. The van der Waals surface area contributed by atoms with Crippen molar-refractivity contribution in [2.45, 2.75) is 45.9 Å². The first kappa shape index (κ1) is 26.3. The van der Waals surface area contributed by atoms with Crippen molar-refractivity contribution in [1.29, 1.82) is 0 Å². The molecule has 0 aliphatic rings. The summed E-state index contributed by atoms with van der Waals surface area (Å²) in [6.07, 6.45) is 3.97. The molecule has 13 heteroatoms. The first-order chi connectivity index (χ1) is 16.9. The van der Waals surface area contributed by atoms with E-state index < -0.39 is 35.3 Å². The van der Waals surface area contributed by atoms with E-state index in [-0.39, 0.29) is 41.7 Å². The Morgan fingerprint density at radius 2 is 1.94 bits per heavy atom. The number of carbonyl (C=O) groups excluding carboxylic acids is 2. The highest BCUT2D eigenvalue weighted by molar-refractivity contribution is 5.98. The van der Waals surface area contributed by atoms with Gasteiger partial charge in [0, 0.05) is 25.0 Å². The van der Waals surface area contributed by atoms with E-state index in [4.69, 9.17) is 10.5 Å². The van der Waals surface area contributed by atoms with Crippen LogP contribution in [0.1, 0.15) is 36.8 Å². The first-order valence-corrected chi connectivity index (χ1v) is 11.0. The molecule has 0 aliphatic carbocycles. The molecule has 0 saturated carbocycles. The lowest BCUT2D eigenvalue weighted by atomic mass is 10.2. The van der Waals surface area contributed by atoms with Gasteiger partial charge in [-0.1, -0.05) is 0 Å². The molecule has 3 aromatic rings. The summed E-state index contributed by atoms with van der Waals surface area (Å²) in [4.78, 5) is 32.1. The maximum Gasteiger partial charge on any atom is 0.407 e. The molecular formula is C23H28F2N8O3. The van der Waals surface area contributed by atoms with Gasteiger partial charge in [0.15, 0.2) is 11.6 Å². The average molecular weight is 503 g/mol. The second-order valence-electron chi connectivity index (χ2n) is 8.95. The van der Waals surface area contributed by atoms with Crippen molar-refractivity contribution >= 4 is 29.3 Å². The van der Waals surface area contributed by atoms with Gasteiger partial charge in [-0.15, -0.1) is 0 Å². The van der Waals surface area contributed by atoms with Gasteiger partial charge in [-0.2, -0.15) is 5.10 Å². The maximum atomic E-state index is 14.9. The Kier molecular flexibility index (Phi) is 8.02. The molecule has 0 saturated heterocycles. The first-order valence-electron chi connectivity index (χ1n) is 11.0. The number of rotatable bonds is 9. The quantitative estimate of drug-likeness (QED) is 0.349. The number of hydrogen-bond donors (Lipinski definition) is 4. The summed E-state index contributed by atoms with van der Waals surface area (Å²) in [5, 5.41) is 12.4. The van der Waals surface area contributed by atoms with Gasteiger partial charge in [-0.05, 0) is 39.8 Å². The Balaban J connectivity index is 1.87. The van der Waals surface area contributed by atoms with Crippen LogP contribution in [-0.2, 0) is 11.3 Å². The Morgan fingerprint density at radius 1 is 1.19 bits per heavy atom. The number of hydrogen-bond acceptors (Lipinski definition) is 8. The molecule has 5 N–H and O–H groups in total. The molecule has 1 atom stereocenters. The Hall–Kier alpha value is -4.29. The minimum Gasteiger partial charge on any atom is -0.444 e. The summed E-state index contributed by atoms with van der Waals surface area (Å²) in [5.74, 6) is -2.70. The molecule has 0 aromatic carbocycles. The monoisotopic (exact) mass is 502 g/mol. The van der Waals surface area contributed by atoms with Crippen LogP contribution in [0.3, 0.4) is 0 Å². The van der Waals surface area contributed by atoms with E-state index in [1.54, 1.807) is 43.9 Å². The van der Waals surface area contributed by atoms with Crippen molar-refractivity contribution in [2.24, 2.45) is 5.73 Å². The topological polar surface area (TPSA) is 149 Å². The number of ether oxygens (including phenoxy) is 1. The predicted octanol–water partition coefficient (Wildman–Crippen LogP) is 3.11. The molecular weight excluding hydrogens is 474 g/mol. The lowest BCUT2D eigenvalue weighted by molar-refractivity contribution is 0.0524. The van der Waals surface area contributed by atoms with Crippen molar-refractivity contribution in [3.05, 3.63) is 59.7 Å². The molecule has 36 heavy (non-hydrogen) atoms. The molecule has 0 spiro atoms. The van der Waals surface area contributed by atoms with Crippen LogP contribution < -0.4 is 21.7 Å². The summed E-state index contributed by atoms with van der Waals surface area (Å²) >= 11 is 0. The highest BCUT2D eigenvalue weighted by Crippen LogP contribution is 2.25. The number of carbonyl (C=O) groups is 2. The smallest absolute Gasteiger partial charge is 0.407 e. The normalized spacial score (nSPS) is 12.1. The molecule has 2 amide bonds. The number of amides is 2. The van der Waals surface area contributed by atoms with Gasteiger partial charge in [-0.3, -0.25) is 14.5 Å². The van der Waals surface area contributed by atoms with Crippen molar-refractivity contribution in [3.63, 3.8) is 0 Å². The Bertz CT molecular complexity index is 1230. The molecule has 11 nitrogen and oxygen atoms in total. The number of nitrogens with zero attached hydrogens (tertiary/aromatic N) is 4. The minimum absolute atomic E-state index is 0.0311. The number of alkyl carbamates (subject to hydrolysis) is 1. The average Bonchev–Trinajstić information content (AvgIpc) is 3.28. The number of primary amides is 1. The SMILES string of the molecule is Cc1ncc(Nc2nc(N[C@@H](CNC(=O)OC(C)(C)C)Cn3cccn3)c(F)cc2C(N)=O)cc1F. The number of pyridine rings is 2. The minimum atomic E-state index is -0.935. The van der Waals surface area contributed by atoms with Crippen LogP contribution in [0.25, 0.3) is 0 Å². The molecule has 3 aromatic heterocycles. The van der Waals surface area contributed by atoms with Gasteiger partial charge < -0.3 is 26.4 Å². The van der Waals surface area contributed by atoms with Gasteiger partial charge >= 0.3 is 6.09 Å². The molecule has 0 aliphatic heterocycles. The molecule has 3 heterocycles. The lowest BCUT2D eigenvalue weighted by Crippen LogP contribution is -2.41. The van der Waals surface area contributed by atoms with Crippen molar-refractivity contribution < 1.29 is 23.1 Å². The largest absolute Gasteiger partial charge is 0.444 e. The van der Waals surface area contributed by atoms with E-state index in [2.05, 4.69) is 31.0 Å². The van der Waals surface area contributed by atoms with Crippen LogP contribution in [0, 0.1) is 18.6 Å². The predicted molar refractivity (Wildman–Crippen MR) is 129 cm³/mol. The highest BCUT2D eigenvalue weighted by atomic mass is 19.1. The second kappa shape index (κ2) is 11.0. The molecule has 0 bridgehead atoms. The van der Waals surface area contributed by atoms with Gasteiger partial charge in [0.05, 0.1) is 35.7 Å². The van der Waals surface area contributed by atoms with Crippen LogP contribution in [0.4, 0.5) is 30.9 Å². The third-order valence-corrected chi connectivity index (χ3v) is 4.73. The van der Waals surface area contributed by atoms with Crippen molar-refractivity contribution in [2.75, 3.05) is 17.2 Å². The van der Waals surface area contributed by atoms with Gasteiger partial charge in [-0.25, -0.2) is 18.6 Å². The fourth-order valence-electron chi connectivity index (χ4n) is 3.09. The fourth-order valence-corrected chi connectivity index (χ4v) is 3.09. The number of aromatic nitrogens is 4. The Morgan fingerprint density at radius 3 is 2.56 bits per heavy atom. The van der Waals surface area contributed by atoms with Crippen LogP contribution in [0.2, 0.25) is 0 Å². The van der Waals surface area contributed by atoms with E-state index in [1.165, 1.54) is 13.1 Å². The maximum absolute atomic E-state index is 14.9. The third-order valence-electron chi connectivity index (χ3n) is 4.73. The van der Waals surface area contributed by atoms with Gasteiger partial charge in [0.2, 0.25) is 0 Å². The summed E-state index contributed by atoms with van der Waals surface area (Å²) in [5.41, 5.74) is 4.83. The summed E-state index contributed by atoms with van der Waals surface area (Å²) in [6.45, 7) is 6.96. The van der Waals surface area contributed by atoms with E-state index in [0.29, 0.717) is 0 Å². The van der Waals surface area contributed by atoms with Gasteiger partial charge in [0.25, 0.3) is 5.91 Å². The molecule has 0 unspecified atom stereocenters. The Labute approximate surface area is 206 Å². The molecule has 0 fully saturated rings. The van der Waals surface area contributed by atoms with Crippen LogP contribution in [0.5, 0.6) is 0 Å². The lowest BCUT2D eigenvalue weighted by Gasteiger charge is -2.23. The van der Waals surface area contributed by atoms with Crippen LogP contribution in [-0.4, -0.2) is 49.9 Å². The van der Waals surface area contributed by atoms with Crippen molar-refractivity contribution in [1.82, 2.24) is 25.1 Å². The van der Waals surface area contributed by atoms with Gasteiger partial charge in [0.1, 0.15) is 17.2 Å². The van der Waals surface area contributed by atoms with Crippen LogP contribution >= 0.6 is 0 Å². The summed E-state index contributed by atoms with van der Waals surface area (Å²) in [6, 6.07) is 3.21. The number of halogens is 2. The standard InChI is InChI=1S/C23H28F2N8O3/c1-13-17(24)8-14(10-27-13)30-20-16(19(26)34)9-18(25)21(32-20)31-15(12-33-7-5-6-29-33)11-28-22(35)36-23(2,3)4/h5-10,15H,11-12H2,1-4H3,(H2,26,34)(H,28,35)(H2,30,31,32)/t15-/m0/s1. The summed E-state index contributed by atoms with van der Waals surface area (Å²) in [7, 11) is 0. The third kappa shape index (κ3) is 7.35. The number of nitrogens with two attached hydrogens (primary N) is 1. The molecule has 0 radical (unpaired) electrons. The van der Waals surface area contributed by atoms with E-state index in [1.807, 2.05) is 0 Å². The highest BCUT2D eigenvalue weighted by Gasteiger charge is 2.21. The molecule has 3 rings (SSSR count). The van der Waals surface area contributed by atoms with E-state index in [0.717, 1.165) is 12.1 Å². The molecule has 192 valence electrons. The zero-order valence-electron chi connectivity index (χ0n) is 20.3. The zero-order chi connectivity index (χ0) is 26.5. The summed E-state index contributed by atoms with van der Waals surface area (Å²) < 4.78 is 35.7. The van der Waals surface area contributed by atoms with Crippen molar-refractivity contribution in [3.8, 4) is 0 Å². The number of aryl methyl sites for hydroxylation is 1. The zero-order valence-corrected chi connectivity index (χ0v) is 20.3. The van der Waals surface area contributed by atoms with E-state index in [9.17, 15) is 18.4 Å². The van der Waals surface area contributed by atoms with Crippen LogP contribution in [0.15, 0.2) is 36.8 Å². The second-order valence-corrected chi connectivity index (χ2v) is 8.95.